The van der Waals surface area contributed by atoms with Gasteiger partial charge in [-0.05, 0) is 65.9 Å². The fourth-order valence-corrected chi connectivity index (χ4v) is 3.84. The molecule has 1 saturated carbocycles. The molecule has 0 heterocycles. The molecule has 0 saturated heterocycles. The highest BCUT2D eigenvalue weighted by atomic mass is 19.4. The average Bonchev–Trinajstić information content (AvgIpc) is 3.17. The Morgan fingerprint density at radius 1 is 0.735 bits per heavy atom. The van der Waals surface area contributed by atoms with Gasteiger partial charge in [-0.3, -0.25) is 4.79 Å². The van der Waals surface area contributed by atoms with Crippen LogP contribution in [0.2, 0.25) is 0 Å². The quantitative estimate of drug-likeness (QED) is 0.487. The smallest absolute Gasteiger partial charge is 0.350 e. The Kier molecular flexibility index (Phi) is 6.68. The van der Waals surface area contributed by atoms with Crippen LogP contribution in [-0.4, -0.2) is 11.4 Å². The first-order chi connectivity index (χ1) is 15.5. The van der Waals surface area contributed by atoms with Gasteiger partial charge >= 0.3 is 18.5 Å². The maximum absolute atomic E-state index is 13.4. The molecular formula is C22H19F9N2O. The summed E-state index contributed by atoms with van der Waals surface area (Å²) < 4.78 is 119. The summed E-state index contributed by atoms with van der Waals surface area (Å²) in [4.78, 5) is 12.4. The fraction of sp³-hybridized carbons (Fsp3) is 0.409. The van der Waals surface area contributed by atoms with Crippen LogP contribution in [0.15, 0.2) is 36.4 Å². The Balaban J connectivity index is 2.05. The third-order valence-electron chi connectivity index (χ3n) is 5.64. The van der Waals surface area contributed by atoms with E-state index in [-0.39, 0.29) is 11.6 Å². The summed E-state index contributed by atoms with van der Waals surface area (Å²) in [6.07, 6.45) is -13.1. The first kappa shape index (κ1) is 25.9. The van der Waals surface area contributed by atoms with Crippen molar-refractivity contribution >= 4 is 5.91 Å². The largest absolute Gasteiger partial charge is 0.416 e. The van der Waals surface area contributed by atoms with Crippen LogP contribution in [0.1, 0.15) is 47.9 Å². The van der Waals surface area contributed by atoms with Gasteiger partial charge in [-0.1, -0.05) is 12.8 Å². The van der Waals surface area contributed by atoms with Crippen molar-refractivity contribution in [1.29, 1.82) is 0 Å². The van der Waals surface area contributed by atoms with Gasteiger partial charge in [0, 0.05) is 6.54 Å². The van der Waals surface area contributed by atoms with Crippen molar-refractivity contribution in [2.45, 2.75) is 56.3 Å². The van der Waals surface area contributed by atoms with Crippen LogP contribution < -0.4 is 11.1 Å². The zero-order valence-electron chi connectivity index (χ0n) is 17.4. The molecule has 2 aromatic carbocycles. The Morgan fingerprint density at radius 3 is 1.59 bits per heavy atom. The normalized spacial score (nSPS) is 16.5. The molecule has 1 aliphatic rings. The van der Waals surface area contributed by atoms with Gasteiger partial charge in [0.15, 0.2) is 0 Å². The molecule has 0 aromatic heterocycles. The molecule has 3 nitrogen and oxygen atoms in total. The van der Waals surface area contributed by atoms with E-state index in [4.69, 9.17) is 5.73 Å². The molecule has 186 valence electrons. The van der Waals surface area contributed by atoms with E-state index in [0.29, 0.717) is 49.9 Å². The second-order valence-electron chi connectivity index (χ2n) is 8.26. The number of alkyl halides is 9. The number of amides is 1. The minimum atomic E-state index is -5.16. The van der Waals surface area contributed by atoms with Crippen molar-refractivity contribution < 1.29 is 44.3 Å². The lowest BCUT2D eigenvalue weighted by molar-refractivity contribution is -0.143. The van der Waals surface area contributed by atoms with E-state index in [9.17, 15) is 44.3 Å². The monoisotopic (exact) mass is 498 g/mol. The third kappa shape index (κ3) is 5.83. The second-order valence-corrected chi connectivity index (χ2v) is 8.26. The van der Waals surface area contributed by atoms with Crippen LogP contribution in [0, 0.1) is 0 Å². The van der Waals surface area contributed by atoms with Crippen LogP contribution in [0.3, 0.4) is 0 Å². The van der Waals surface area contributed by atoms with E-state index in [1.165, 1.54) is 0 Å². The molecule has 3 rings (SSSR count). The molecule has 0 bridgehead atoms. The summed E-state index contributed by atoms with van der Waals surface area (Å²) >= 11 is 0. The van der Waals surface area contributed by atoms with E-state index in [1.807, 2.05) is 0 Å². The topological polar surface area (TPSA) is 55.1 Å². The predicted octanol–water partition coefficient (Wildman–Crippen LogP) is 6.30. The lowest BCUT2D eigenvalue weighted by atomic mass is 9.95. The Hall–Kier alpha value is -2.76. The summed E-state index contributed by atoms with van der Waals surface area (Å²) in [5.74, 6) is -0.595. The highest BCUT2D eigenvalue weighted by molar-refractivity contribution is 5.86. The number of nitrogens with two attached hydrogens (primary N) is 1. The summed E-state index contributed by atoms with van der Waals surface area (Å²) in [6.45, 7) is -0.445. The summed E-state index contributed by atoms with van der Waals surface area (Å²) in [7, 11) is 0. The molecule has 0 spiro atoms. The Morgan fingerprint density at radius 2 is 1.15 bits per heavy atom. The third-order valence-corrected chi connectivity index (χ3v) is 5.64. The number of hydrogen-bond acceptors (Lipinski definition) is 2. The van der Waals surface area contributed by atoms with E-state index < -0.39 is 64.3 Å². The van der Waals surface area contributed by atoms with Gasteiger partial charge in [-0.2, -0.15) is 39.5 Å². The Labute approximate surface area is 188 Å². The SMILES string of the molecule is NC1(C(=O)NCc2cc(-c3cc(C(F)(F)F)cc(C(F)(F)F)c3)cc(C(F)(F)F)c2)CCCC1. The first-order valence-electron chi connectivity index (χ1n) is 10.1. The highest BCUT2D eigenvalue weighted by Gasteiger charge is 2.38. The zero-order chi connectivity index (χ0) is 25.5. The number of benzene rings is 2. The molecule has 0 radical (unpaired) electrons. The van der Waals surface area contributed by atoms with Crippen LogP contribution in [0.5, 0.6) is 0 Å². The van der Waals surface area contributed by atoms with Gasteiger partial charge in [0.25, 0.3) is 0 Å². The number of carbonyl (C=O) groups is 1. The number of hydrogen-bond donors (Lipinski definition) is 2. The molecule has 3 N–H and O–H groups in total. The Bertz CT molecular complexity index is 1030. The molecule has 0 aliphatic heterocycles. The van der Waals surface area contributed by atoms with Crippen molar-refractivity contribution in [3.05, 3.63) is 58.7 Å². The van der Waals surface area contributed by atoms with Crippen LogP contribution in [-0.2, 0) is 29.9 Å². The summed E-state index contributed by atoms with van der Waals surface area (Å²) in [5, 5.41) is 2.42. The summed E-state index contributed by atoms with van der Waals surface area (Å²) in [6, 6.07) is 2.72. The van der Waals surface area contributed by atoms with Crippen LogP contribution >= 0.6 is 0 Å². The molecule has 2 aromatic rings. The van der Waals surface area contributed by atoms with Gasteiger partial charge in [0.1, 0.15) is 0 Å². The number of nitrogens with one attached hydrogen (secondary N) is 1. The lowest BCUT2D eigenvalue weighted by Gasteiger charge is -2.22. The number of carbonyl (C=O) groups excluding carboxylic acids is 1. The first-order valence-corrected chi connectivity index (χ1v) is 10.1. The van der Waals surface area contributed by atoms with Gasteiger partial charge in [-0.25, -0.2) is 0 Å². The molecular weight excluding hydrogens is 479 g/mol. The number of halogens is 9. The minimum absolute atomic E-state index is 0.111. The van der Waals surface area contributed by atoms with E-state index >= 15 is 0 Å². The molecule has 1 amide bonds. The van der Waals surface area contributed by atoms with E-state index in [2.05, 4.69) is 5.32 Å². The molecule has 0 unspecified atom stereocenters. The molecule has 1 fully saturated rings. The van der Waals surface area contributed by atoms with Crippen molar-refractivity contribution in [3.8, 4) is 11.1 Å². The molecule has 12 heteroatoms. The van der Waals surface area contributed by atoms with Gasteiger partial charge in [0.05, 0.1) is 22.2 Å². The zero-order valence-corrected chi connectivity index (χ0v) is 17.4. The van der Waals surface area contributed by atoms with E-state index in [1.54, 1.807) is 0 Å². The average molecular weight is 498 g/mol. The second kappa shape index (κ2) is 8.79. The van der Waals surface area contributed by atoms with Crippen molar-refractivity contribution in [2.24, 2.45) is 5.73 Å². The summed E-state index contributed by atoms with van der Waals surface area (Å²) in [5.41, 5.74) is -1.16. The van der Waals surface area contributed by atoms with Crippen molar-refractivity contribution in [1.82, 2.24) is 5.32 Å². The predicted molar refractivity (Wildman–Crippen MR) is 104 cm³/mol. The highest BCUT2D eigenvalue weighted by Crippen LogP contribution is 2.40. The number of rotatable bonds is 4. The molecule has 34 heavy (non-hydrogen) atoms. The van der Waals surface area contributed by atoms with Crippen molar-refractivity contribution in [3.63, 3.8) is 0 Å². The van der Waals surface area contributed by atoms with Gasteiger partial charge < -0.3 is 11.1 Å². The fourth-order valence-electron chi connectivity index (χ4n) is 3.84. The van der Waals surface area contributed by atoms with E-state index in [0.717, 1.165) is 6.07 Å². The molecule has 0 atom stereocenters. The van der Waals surface area contributed by atoms with Gasteiger partial charge in [-0.15, -0.1) is 0 Å². The molecule has 1 aliphatic carbocycles. The maximum atomic E-state index is 13.4. The van der Waals surface area contributed by atoms with Crippen LogP contribution in [0.4, 0.5) is 39.5 Å². The van der Waals surface area contributed by atoms with Crippen molar-refractivity contribution in [2.75, 3.05) is 0 Å². The standard InChI is InChI=1S/C22H19F9N2O/c23-20(24,25)15-6-12(11-33-18(34)19(32)3-1-2-4-19)5-13(7-15)14-8-16(21(26,27)28)10-17(9-14)22(29,30)31/h5-10H,1-4,11,32H2,(H,33,34). The lowest BCUT2D eigenvalue weighted by Crippen LogP contribution is -2.51. The van der Waals surface area contributed by atoms with Crippen LogP contribution in [0.25, 0.3) is 11.1 Å². The maximum Gasteiger partial charge on any atom is 0.416 e. The minimum Gasteiger partial charge on any atom is -0.350 e. The van der Waals surface area contributed by atoms with Gasteiger partial charge in [0.2, 0.25) is 5.91 Å².